The van der Waals surface area contributed by atoms with Crippen molar-refractivity contribution in [3.05, 3.63) is 32.6 Å². The molecule has 0 amide bonds. The maximum atomic E-state index is 12.5. The van der Waals surface area contributed by atoms with Gasteiger partial charge in [-0.3, -0.25) is 14.3 Å². The zero-order valence-electron chi connectivity index (χ0n) is 18.4. The molecule has 0 aliphatic carbocycles. The van der Waals surface area contributed by atoms with Crippen molar-refractivity contribution in [2.75, 3.05) is 26.1 Å². The van der Waals surface area contributed by atoms with Crippen LogP contribution in [0, 0.1) is 6.92 Å². The Kier molecular flexibility index (Phi) is 7.97. The van der Waals surface area contributed by atoms with Crippen LogP contribution in [-0.4, -0.2) is 62.3 Å². The van der Waals surface area contributed by atoms with Crippen LogP contribution in [0.3, 0.4) is 0 Å². The van der Waals surface area contributed by atoms with Crippen LogP contribution in [-0.2, 0) is 18.6 Å². The third kappa shape index (κ3) is 5.42. The van der Waals surface area contributed by atoms with Crippen LogP contribution in [0.2, 0.25) is 18.1 Å². The summed E-state index contributed by atoms with van der Waals surface area (Å²) in [6, 6.07) is 0. The van der Waals surface area contributed by atoms with E-state index in [4.69, 9.17) is 18.6 Å². The molecule has 1 aliphatic rings. The smallest absolute Gasteiger partial charge is 0.330 e. The molecule has 1 fully saturated rings. The SMILES string of the molecule is COCCO[C@@H]1[C@H](O[Si](C)(C)C(C)(C)C)[C@@H](CS)O[C@H]1n1cc(C)c(=O)[nH]c1=O. The Bertz CT molecular complexity index is 803. The number of aromatic amines is 1. The lowest BCUT2D eigenvalue weighted by Gasteiger charge is -2.40. The molecule has 0 unspecified atom stereocenters. The van der Waals surface area contributed by atoms with Crippen LogP contribution in [0.15, 0.2) is 15.8 Å². The number of rotatable bonds is 8. The van der Waals surface area contributed by atoms with E-state index in [0.29, 0.717) is 24.5 Å². The lowest BCUT2D eigenvalue weighted by Crippen LogP contribution is -2.50. The van der Waals surface area contributed by atoms with E-state index in [0.717, 1.165) is 0 Å². The number of hydrogen-bond acceptors (Lipinski definition) is 7. The molecule has 1 aromatic heterocycles. The summed E-state index contributed by atoms with van der Waals surface area (Å²) in [5.74, 6) is 0.414. The first-order valence-electron chi connectivity index (χ1n) is 9.79. The maximum Gasteiger partial charge on any atom is 0.330 e. The summed E-state index contributed by atoms with van der Waals surface area (Å²) in [5, 5.41) is -0.00523. The summed E-state index contributed by atoms with van der Waals surface area (Å²) in [6.45, 7) is 13.2. The molecule has 1 N–H and O–H groups in total. The van der Waals surface area contributed by atoms with Crippen molar-refractivity contribution in [1.29, 1.82) is 0 Å². The number of thiol groups is 1. The van der Waals surface area contributed by atoms with Crippen molar-refractivity contribution >= 4 is 20.9 Å². The first-order chi connectivity index (χ1) is 13.4. The third-order valence-corrected chi connectivity index (χ3v) is 10.6. The van der Waals surface area contributed by atoms with Crippen LogP contribution in [0.4, 0.5) is 0 Å². The molecule has 0 bridgehead atoms. The Morgan fingerprint density at radius 1 is 1.24 bits per heavy atom. The average Bonchev–Trinajstić information content (AvgIpc) is 2.94. The first-order valence-corrected chi connectivity index (χ1v) is 13.3. The summed E-state index contributed by atoms with van der Waals surface area (Å²) in [7, 11) is -0.553. The second-order valence-electron chi connectivity index (χ2n) is 8.90. The number of ether oxygens (including phenoxy) is 3. The highest BCUT2D eigenvalue weighted by molar-refractivity contribution is 7.80. The molecule has 29 heavy (non-hydrogen) atoms. The van der Waals surface area contributed by atoms with E-state index in [2.05, 4.69) is 51.5 Å². The normalized spacial score (nSPS) is 25.5. The lowest BCUT2D eigenvalue weighted by molar-refractivity contribution is -0.0776. The molecule has 166 valence electrons. The highest BCUT2D eigenvalue weighted by atomic mass is 32.1. The highest BCUT2D eigenvalue weighted by Crippen LogP contribution is 2.42. The van der Waals surface area contributed by atoms with Gasteiger partial charge in [-0.1, -0.05) is 20.8 Å². The number of aromatic nitrogens is 2. The van der Waals surface area contributed by atoms with Crippen LogP contribution in [0.25, 0.3) is 0 Å². The molecule has 0 saturated carbocycles. The summed E-state index contributed by atoms with van der Waals surface area (Å²) in [5.41, 5.74) is -0.544. The highest BCUT2D eigenvalue weighted by Gasteiger charge is 2.51. The van der Waals surface area contributed by atoms with Gasteiger partial charge in [0, 0.05) is 24.6 Å². The van der Waals surface area contributed by atoms with Gasteiger partial charge in [0.05, 0.1) is 19.3 Å². The maximum absolute atomic E-state index is 12.5. The van der Waals surface area contributed by atoms with Crippen molar-refractivity contribution in [1.82, 2.24) is 9.55 Å². The number of hydrogen-bond donors (Lipinski definition) is 2. The third-order valence-electron chi connectivity index (χ3n) is 5.72. The predicted molar refractivity (Wildman–Crippen MR) is 118 cm³/mol. The standard InChI is InChI=1S/C19H34N2O6SSi/c1-12-10-21(18(23)20-16(12)22)17-15(25-9-8-24-5)14(13(11-28)26-17)27-29(6,7)19(2,3)4/h10,13-15,17,28H,8-9,11H2,1-7H3,(H,20,22,23)/t13-,14-,15-,17-/m1/s1. The second-order valence-corrected chi connectivity index (χ2v) is 14.0. The van der Waals surface area contributed by atoms with Crippen molar-refractivity contribution in [3.8, 4) is 0 Å². The molecular weight excluding hydrogens is 412 g/mol. The van der Waals surface area contributed by atoms with Gasteiger partial charge in [-0.15, -0.1) is 0 Å². The number of nitrogens with zero attached hydrogens (tertiary/aromatic N) is 1. The van der Waals surface area contributed by atoms with Gasteiger partial charge >= 0.3 is 5.69 Å². The average molecular weight is 447 g/mol. The fourth-order valence-electron chi connectivity index (χ4n) is 2.96. The molecule has 0 aromatic carbocycles. The monoisotopic (exact) mass is 446 g/mol. The van der Waals surface area contributed by atoms with E-state index in [-0.39, 0.29) is 11.1 Å². The summed E-state index contributed by atoms with van der Waals surface area (Å²) >= 11 is 4.45. The van der Waals surface area contributed by atoms with Gasteiger partial charge in [0.2, 0.25) is 0 Å². The van der Waals surface area contributed by atoms with Crippen LogP contribution in [0.5, 0.6) is 0 Å². The van der Waals surface area contributed by atoms with Crippen LogP contribution < -0.4 is 11.2 Å². The Hall–Kier alpha value is -0.913. The Morgan fingerprint density at radius 2 is 1.90 bits per heavy atom. The van der Waals surface area contributed by atoms with Gasteiger partial charge in [-0.05, 0) is 25.1 Å². The molecule has 10 heteroatoms. The topological polar surface area (TPSA) is 91.8 Å². The van der Waals surface area contributed by atoms with Gasteiger partial charge in [0.1, 0.15) is 12.2 Å². The lowest BCUT2D eigenvalue weighted by atomic mass is 10.1. The van der Waals surface area contributed by atoms with Gasteiger partial charge in [0.15, 0.2) is 14.5 Å². The van der Waals surface area contributed by atoms with Gasteiger partial charge in [-0.2, -0.15) is 12.6 Å². The van der Waals surface area contributed by atoms with Crippen LogP contribution in [0.1, 0.15) is 32.6 Å². The quantitative estimate of drug-likeness (QED) is 0.361. The predicted octanol–water partition coefficient (Wildman–Crippen LogP) is 2.09. The number of H-pyrrole nitrogens is 1. The summed E-state index contributed by atoms with van der Waals surface area (Å²) in [6.07, 6.45) is -0.525. The van der Waals surface area contributed by atoms with E-state index in [1.54, 1.807) is 14.0 Å². The Balaban J connectivity index is 2.45. The van der Waals surface area contributed by atoms with Gasteiger partial charge < -0.3 is 18.6 Å². The van der Waals surface area contributed by atoms with Crippen molar-refractivity contribution in [2.24, 2.45) is 0 Å². The number of methoxy groups -OCH3 is 1. The minimum absolute atomic E-state index is 0.00523. The molecule has 1 aromatic rings. The van der Waals surface area contributed by atoms with Gasteiger partial charge in [0.25, 0.3) is 5.56 Å². The van der Waals surface area contributed by atoms with Crippen molar-refractivity contribution in [3.63, 3.8) is 0 Å². The molecule has 1 aliphatic heterocycles. The number of aryl methyl sites for hydroxylation is 1. The Morgan fingerprint density at radius 3 is 2.45 bits per heavy atom. The van der Waals surface area contributed by atoms with E-state index in [1.807, 2.05) is 0 Å². The fraction of sp³-hybridized carbons (Fsp3) is 0.789. The van der Waals surface area contributed by atoms with Gasteiger partial charge in [-0.25, -0.2) is 4.79 Å². The molecule has 4 atom stereocenters. The van der Waals surface area contributed by atoms with E-state index >= 15 is 0 Å². The molecule has 2 rings (SSSR count). The van der Waals surface area contributed by atoms with Crippen molar-refractivity contribution < 1.29 is 18.6 Å². The molecule has 8 nitrogen and oxygen atoms in total. The van der Waals surface area contributed by atoms with E-state index < -0.39 is 38.0 Å². The molecule has 2 heterocycles. The Labute approximate surface area is 178 Å². The molecule has 0 spiro atoms. The fourth-order valence-corrected chi connectivity index (χ4v) is 4.57. The van der Waals surface area contributed by atoms with E-state index in [9.17, 15) is 9.59 Å². The van der Waals surface area contributed by atoms with Crippen molar-refractivity contribution in [2.45, 2.75) is 70.4 Å². The molecule has 1 saturated heterocycles. The van der Waals surface area contributed by atoms with Crippen LogP contribution >= 0.6 is 12.6 Å². The minimum Gasteiger partial charge on any atom is -0.408 e. The zero-order chi connectivity index (χ0) is 22.0. The second kappa shape index (κ2) is 9.48. The summed E-state index contributed by atoms with van der Waals surface area (Å²) < 4.78 is 25.4. The molecular formula is C19H34N2O6SSi. The number of nitrogens with one attached hydrogen (secondary N) is 1. The van der Waals surface area contributed by atoms with E-state index in [1.165, 1.54) is 10.8 Å². The zero-order valence-corrected chi connectivity index (χ0v) is 20.2. The molecule has 0 radical (unpaired) electrons. The minimum atomic E-state index is -2.15. The first kappa shape index (κ1) is 24.4. The largest absolute Gasteiger partial charge is 0.408 e. The summed E-state index contributed by atoms with van der Waals surface area (Å²) in [4.78, 5) is 26.6.